The summed E-state index contributed by atoms with van der Waals surface area (Å²) < 4.78 is 21.4. The van der Waals surface area contributed by atoms with Gasteiger partial charge in [0.1, 0.15) is 12.2 Å². The van der Waals surface area contributed by atoms with Crippen LogP contribution >= 0.6 is 0 Å². The number of ether oxygens (including phenoxy) is 1. The number of rotatable bonds is 15. The van der Waals surface area contributed by atoms with Crippen LogP contribution in [-0.4, -0.2) is 77.9 Å². The maximum atomic E-state index is 14.6. The molecular formula is C32H46FN5O3. The van der Waals surface area contributed by atoms with Crippen molar-refractivity contribution in [1.29, 1.82) is 0 Å². The minimum absolute atomic E-state index is 0.0284. The van der Waals surface area contributed by atoms with E-state index < -0.39 is 18.2 Å². The van der Waals surface area contributed by atoms with E-state index in [2.05, 4.69) is 34.8 Å². The smallest absolute Gasteiger partial charge is 0.326 e. The van der Waals surface area contributed by atoms with E-state index in [4.69, 9.17) is 4.74 Å². The third-order valence-electron chi connectivity index (χ3n) is 8.21. The van der Waals surface area contributed by atoms with E-state index in [-0.39, 0.29) is 13.2 Å². The second-order valence-electron chi connectivity index (χ2n) is 11.3. The number of anilines is 1. The molecule has 2 aliphatic rings. The highest BCUT2D eigenvalue weighted by Crippen LogP contribution is 2.28. The summed E-state index contributed by atoms with van der Waals surface area (Å²) in [5.74, 6) is -0.397. The molecule has 0 spiro atoms. The standard InChI is InChI=1S/C32H46FN5O3/c1-23-13-16-28-25(10-8-18-34-28)15-14-24(23)9-6-7-19-38(21-26(33)22-41-3)20-17-29(32(39)40)35-31-27-11-4-5-12-30(27)37(2)36-31/h4-5,11-12,14-15,26,29,34H,6-10,13,16-22H2,1-3H3,(H,35,36)(H,39,40)/b15-14-,24-23-/t26-,29-/m0/s1. The van der Waals surface area contributed by atoms with Crippen LogP contribution in [-0.2, 0) is 16.6 Å². The fourth-order valence-electron chi connectivity index (χ4n) is 5.84. The van der Waals surface area contributed by atoms with Gasteiger partial charge in [0, 0.05) is 44.9 Å². The third kappa shape index (κ3) is 8.66. The molecular weight excluding hydrogens is 521 g/mol. The summed E-state index contributed by atoms with van der Waals surface area (Å²) in [6.45, 7) is 4.73. The van der Waals surface area contributed by atoms with E-state index in [0.29, 0.717) is 25.3 Å². The molecule has 0 saturated carbocycles. The molecule has 2 atom stereocenters. The number of aliphatic carboxylic acids is 1. The predicted molar refractivity (Wildman–Crippen MR) is 163 cm³/mol. The first kappa shape index (κ1) is 30.8. The molecule has 0 bridgehead atoms. The number of hydrogen-bond acceptors (Lipinski definition) is 6. The Hall–Kier alpha value is -3.17. The number of hydrogen-bond donors (Lipinski definition) is 3. The topological polar surface area (TPSA) is 91.7 Å². The molecule has 1 aromatic carbocycles. The van der Waals surface area contributed by atoms with Crippen LogP contribution in [0.2, 0.25) is 0 Å². The number of fused-ring (bicyclic) bond motifs is 1. The summed E-state index contributed by atoms with van der Waals surface area (Å²) in [6.07, 6.45) is 11.2. The summed E-state index contributed by atoms with van der Waals surface area (Å²) in [4.78, 5) is 14.2. The number of nitrogens with one attached hydrogen (secondary N) is 2. The van der Waals surface area contributed by atoms with Gasteiger partial charge in [0.05, 0.1) is 12.1 Å². The molecule has 4 rings (SSSR count). The van der Waals surface area contributed by atoms with Gasteiger partial charge in [-0.2, -0.15) is 5.10 Å². The molecule has 2 heterocycles. The summed E-state index contributed by atoms with van der Waals surface area (Å²) in [5, 5.41) is 22.0. The van der Waals surface area contributed by atoms with E-state index in [1.807, 2.05) is 36.2 Å². The average Bonchev–Trinajstić information content (AvgIpc) is 3.27. The lowest BCUT2D eigenvalue weighted by Gasteiger charge is -2.26. The van der Waals surface area contributed by atoms with Crippen molar-refractivity contribution in [2.45, 2.75) is 70.5 Å². The van der Waals surface area contributed by atoms with E-state index in [9.17, 15) is 14.3 Å². The van der Waals surface area contributed by atoms with Crippen LogP contribution in [0.1, 0.15) is 58.3 Å². The summed E-state index contributed by atoms with van der Waals surface area (Å²) in [7, 11) is 3.34. The van der Waals surface area contributed by atoms with Crippen LogP contribution in [0.15, 0.2) is 58.8 Å². The molecule has 8 nitrogen and oxygen atoms in total. The number of benzene rings is 1. The highest BCUT2D eigenvalue weighted by molar-refractivity contribution is 5.91. The van der Waals surface area contributed by atoms with Crippen LogP contribution in [0.25, 0.3) is 10.9 Å². The summed E-state index contributed by atoms with van der Waals surface area (Å²) >= 11 is 0. The van der Waals surface area contributed by atoms with Crippen LogP contribution < -0.4 is 10.6 Å². The van der Waals surface area contributed by atoms with Gasteiger partial charge in [-0.05, 0) is 88.1 Å². The van der Waals surface area contributed by atoms with Crippen molar-refractivity contribution in [2.75, 3.05) is 45.2 Å². The van der Waals surface area contributed by atoms with Crippen molar-refractivity contribution >= 4 is 22.7 Å². The fraction of sp³-hybridized carbons (Fsp3) is 0.562. The number of unbranched alkanes of at least 4 members (excludes halogenated alkanes) is 1. The monoisotopic (exact) mass is 567 g/mol. The molecule has 0 saturated heterocycles. The quantitative estimate of drug-likeness (QED) is 0.242. The SMILES string of the molecule is COC[C@@H](F)CN(CCCCC1=C(\C)CCC2=C(/C=C\1)CCCN2)CC[C@H](Nc1nn(C)c2ccccc12)C(=O)O. The van der Waals surface area contributed by atoms with Crippen molar-refractivity contribution in [2.24, 2.45) is 7.05 Å². The Bertz CT molecular complexity index is 1270. The van der Waals surface area contributed by atoms with Crippen molar-refractivity contribution in [3.05, 3.63) is 58.8 Å². The van der Waals surface area contributed by atoms with E-state index in [1.165, 1.54) is 35.9 Å². The molecule has 2 aromatic rings. The van der Waals surface area contributed by atoms with E-state index in [1.54, 1.807) is 4.68 Å². The van der Waals surface area contributed by atoms with Gasteiger partial charge in [0.2, 0.25) is 0 Å². The molecule has 0 radical (unpaired) electrons. The number of carboxylic acids is 1. The number of allylic oxidation sites excluding steroid dienone is 6. The predicted octanol–water partition coefficient (Wildman–Crippen LogP) is 5.59. The lowest BCUT2D eigenvalue weighted by molar-refractivity contribution is -0.138. The normalized spacial score (nSPS) is 19.8. The zero-order valence-electron chi connectivity index (χ0n) is 24.8. The Balaban J connectivity index is 1.34. The van der Waals surface area contributed by atoms with Crippen molar-refractivity contribution in [3.8, 4) is 0 Å². The van der Waals surface area contributed by atoms with Gasteiger partial charge in [-0.15, -0.1) is 0 Å². The number of halogens is 1. The van der Waals surface area contributed by atoms with Crippen LogP contribution in [0.5, 0.6) is 0 Å². The Morgan fingerprint density at radius 2 is 2.05 bits per heavy atom. The van der Waals surface area contributed by atoms with Crippen molar-refractivity contribution < 1.29 is 19.0 Å². The molecule has 3 N–H and O–H groups in total. The van der Waals surface area contributed by atoms with Crippen molar-refractivity contribution in [1.82, 2.24) is 20.0 Å². The van der Waals surface area contributed by atoms with Gasteiger partial charge < -0.3 is 25.4 Å². The highest BCUT2D eigenvalue weighted by atomic mass is 19.1. The number of carbonyl (C=O) groups is 1. The van der Waals surface area contributed by atoms with E-state index >= 15 is 0 Å². The second kappa shape index (κ2) is 15.2. The van der Waals surface area contributed by atoms with Gasteiger partial charge in [0.25, 0.3) is 0 Å². The number of nitrogens with zero attached hydrogens (tertiary/aromatic N) is 3. The maximum absolute atomic E-state index is 14.6. The fourth-order valence-corrected chi connectivity index (χ4v) is 5.84. The van der Waals surface area contributed by atoms with Gasteiger partial charge in [-0.1, -0.05) is 29.9 Å². The molecule has 1 aromatic heterocycles. The zero-order valence-corrected chi connectivity index (χ0v) is 24.8. The number of alkyl halides is 1. The van der Waals surface area contributed by atoms with Gasteiger partial charge in [-0.25, -0.2) is 9.18 Å². The maximum Gasteiger partial charge on any atom is 0.326 e. The largest absolute Gasteiger partial charge is 0.480 e. The Labute approximate surface area is 243 Å². The number of aromatic nitrogens is 2. The molecule has 9 heteroatoms. The summed E-state index contributed by atoms with van der Waals surface area (Å²) in [6, 6.07) is 6.89. The first-order valence-electron chi connectivity index (χ1n) is 14.9. The van der Waals surface area contributed by atoms with Gasteiger partial charge in [-0.3, -0.25) is 4.68 Å². The zero-order chi connectivity index (χ0) is 29.2. The number of carboxylic acid groups (broad SMARTS) is 1. The third-order valence-corrected chi connectivity index (χ3v) is 8.21. The molecule has 41 heavy (non-hydrogen) atoms. The number of aryl methyl sites for hydroxylation is 1. The molecule has 1 aliphatic heterocycles. The minimum atomic E-state index is -1.12. The Morgan fingerprint density at radius 1 is 1.22 bits per heavy atom. The highest BCUT2D eigenvalue weighted by Gasteiger charge is 2.23. The molecule has 0 fully saturated rings. The van der Waals surface area contributed by atoms with Crippen molar-refractivity contribution in [3.63, 3.8) is 0 Å². The summed E-state index contributed by atoms with van der Waals surface area (Å²) in [5.41, 5.74) is 6.63. The van der Waals surface area contributed by atoms with Crippen LogP contribution in [0.3, 0.4) is 0 Å². The number of methoxy groups -OCH3 is 1. The minimum Gasteiger partial charge on any atom is -0.480 e. The van der Waals surface area contributed by atoms with Crippen LogP contribution in [0, 0.1) is 0 Å². The van der Waals surface area contributed by atoms with Gasteiger partial charge in [0.15, 0.2) is 5.82 Å². The molecule has 224 valence electrons. The van der Waals surface area contributed by atoms with Crippen LogP contribution in [0.4, 0.5) is 10.2 Å². The first-order chi connectivity index (χ1) is 19.9. The Kier molecular flexibility index (Phi) is 11.4. The molecule has 0 amide bonds. The number of para-hydroxylation sites is 1. The average molecular weight is 568 g/mol. The van der Waals surface area contributed by atoms with E-state index in [0.717, 1.165) is 56.0 Å². The first-order valence-corrected chi connectivity index (χ1v) is 14.9. The van der Waals surface area contributed by atoms with Gasteiger partial charge >= 0.3 is 5.97 Å². The second-order valence-corrected chi connectivity index (χ2v) is 11.3. The molecule has 0 unspecified atom stereocenters. The molecule has 1 aliphatic carbocycles. The lowest BCUT2D eigenvalue weighted by atomic mass is 9.91. The Morgan fingerprint density at radius 3 is 2.85 bits per heavy atom. The lowest BCUT2D eigenvalue weighted by Crippen LogP contribution is -2.38.